The van der Waals surface area contributed by atoms with Crippen molar-refractivity contribution < 1.29 is 4.79 Å². The van der Waals surface area contributed by atoms with Gasteiger partial charge in [-0.2, -0.15) is 0 Å². The SMILES string of the molecule is Cc1ccc(C)c(C(C)NC(=O)C2CCCN(Cc3ccccc3Cl)C2)c1. The van der Waals surface area contributed by atoms with Crippen molar-refractivity contribution in [1.82, 2.24) is 10.2 Å². The van der Waals surface area contributed by atoms with Gasteiger partial charge in [0, 0.05) is 18.1 Å². The number of benzene rings is 2. The van der Waals surface area contributed by atoms with E-state index in [1.54, 1.807) is 0 Å². The Kier molecular flexibility index (Phi) is 6.56. The number of halogens is 1. The second kappa shape index (κ2) is 8.90. The molecular weight excluding hydrogens is 356 g/mol. The first-order chi connectivity index (χ1) is 12.9. The maximum atomic E-state index is 12.9. The zero-order chi connectivity index (χ0) is 19.4. The molecule has 1 N–H and O–H groups in total. The minimum atomic E-state index is 0.0244. The fourth-order valence-corrected chi connectivity index (χ4v) is 4.11. The van der Waals surface area contributed by atoms with E-state index in [-0.39, 0.29) is 17.9 Å². The Bertz CT molecular complexity index is 805. The molecule has 3 nitrogen and oxygen atoms in total. The maximum absolute atomic E-state index is 12.9. The maximum Gasteiger partial charge on any atom is 0.224 e. The average Bonchev–Trinajstić information content (AvgIpc) is 2.65. The van der Waals surface area contributed by atoms with Crippen molar-refractivity contribution >= 4 is 17.5 Å². The van der Waals surface area contributed by atoms with Crippen molar-refractivity contribution in [1.29, 1.82) is 0 Å². The van der Waals surface area contributed by atoms with Gasteiger partial charge in [-0.3, -0.25) is 9.69 Å². The largest absolute Gasteiger partial charge is 0.349 e. The summed E-state index contributed by atoms with van der Waals surface area (Å²) in [6.07, 6.45) is 1.99. The monoisotopic (exact) mass is 384 g/mol. The van der Waals surface area contributed by atoms with Gasteiger partial charge in [0.25, 0.3) is 0 Å². The molecule has 1 fully saturated rings. The number of carbonyl (C=O) groups excluding carboxylic acids is 1. The molecule has 0 aromatic heterocycles. The van der Waals surface area contributed by atoms with Gasteiger partial charge in [0.1, 0.15) is 0 Å². The van der Waals surface area contributed by atoms with Crippen LogP contribution in [0.15, 0.2) is 42.5 Å². The fourth-order valence-electron chi connectivity index (χ4n) is 3.92. The molecule has 1 heterocycles. The van der Waals surface area contributed by atoms with Gasteiger partial charge in [-0.05, 0) is 62.9 Å². The molecule has 2 atom stereocenters. The van der Waals surface area contributed by atoms with Crippen molar-refractivity contribution in [3.63, 3.8) is 0 Å². The van der Waals surface area contributed by atoms with Crippen LogP contribution < -0.4 is 5.32 Å². The van der Waals surface area contributed by atoms with Gasteiger partial charge in [0.15, 0.2) is 0 Å². The highest BCUT2D eigenvalue weighted by Gasteiger charge is 2.27. The molecule has 2 aromatic carbocycles. The topological polar surface area (TPSA) is 32.3 Å². The fraction of sp³-hybridized carbons (Fsp3) is 0.435. The summed E-state index contributed by atoms with van der Waals surface area (Å²) in [4.78, 5) is 15.2. The van der Waals surface area contributed by atoms with Gasteiger partial charge in [-0.25, -0.2) is 0 Å². The summed E-state index contributed by atoms with van der Waals surface area (Å²) < 4.78 is 0. The van der Waals surface area contributed by atoms with Gasteiger partial charge >= 0.3 is 0 Å². The van der Waals surface area contributed by atoms with Crippen molar-refractivity contribution in [3.8, 4) is 0 Å². The zero-order valence-electron chi connectivity index (χ0n) is 16.5. The van der Waals surface area contributed by atoms with Crippen LogP contribution in [0.1, 0.15) is 48.1 Å². The molecule has 144 valence electrons. The quantitative estimate of drug-likeness (QED) is 0.782. The number of rotatable bonds is 5. The summed E-state index contributed by atoms with van der Waals surface area (Å²) in [7, 11) is 0. The normalized spacial score (nSPS) is 18.9. The Morgan fingerprint density at radius 1 is 1.26 bits per heavy atom. The number of nitrogens with one attached hydrogen (secondary N) is 1. The number of amides is 1. The van der Waals surface area contributed by atoms with Crippen LogP contribution >= 0.6 is 11.6 Å². The summed E-state index contributed by atoms with van der Waals surface area (Å²) in [5, 5.41) is 4.04. The summed E-state index contributed by atoms with van der Waals surface area (Å²) in [5.41, 5.74) is 4.77. The lowest BCUT2D eigenvalue weighted by Crippen LogP contribution is -2.43. The first kappa shape index (κ1) is 19.9. The third kappa shape index (κ3) is 5.12. The van der Waals surface area contributed by atoms with E-state index < -0.39 is 0 Å². The highest BCUT2D eigenvalue weighted by Crippen LogP contribution is 2.24. The smallest absolute Gasteiger partial charge is 0.224 e. The Morgan fingerprint density at radius 3 is 2.81 bits per heavy atom. The van der Waals surface area contributed by atoms with E-state index in [2.05, 4.69) is 55.3 Å². The molecule has 0 bridgehead atoms. The van der Waals surface area contributed by atoms with Crippen LogP contribution in [0.5, 0.6) is 0 Å². The zero-order valence-corrected chi connectivity index (χ0v) is 17.2. The average molecular weight is 385 g/mol. The summed E-state index contributed by atoms with van der Waals surface area (Å²) in [6.45, 7) is 8.87. The van der Waals surface area contributed by atoms with Gasteiger partial charge in [-0.1, -0.05) is 53.6 Å². The number of likely N-dealkylation sites (tertiary alicyclic amines) is 1. The lowest BCUT2D eigenvalue weighted by molar-refractivity contribution is -0.127. The number of piperidine rings is 1. The molecule has 1 saturated heterocycles. The molecule has 2 aromatic rings. The van der Waals surface area contributed by atoms with Gasteiger partial charge in [0.05, 0.1) is 12.0 Å². The van der Waals surface area contributed by atoms with Crippen LogP contribution in [0, 0.1) is 19.8 Å². The number of aryl methyl sites for hydroxylation is 2. The third-order valence-electron chi connectivity index (χ3n) is 5.49. The predicted molar refractivity (Wildman–Crippen MR) is 112 cm³/mol. The summed E-state index contributed by atoms with van der Waals surface area (Å²) in [6, 6.07) is 14.4. The standard InChI is InChI=1S/C23H29ClN2O/c1-16-10-11-17(2)21(13-16)18(3)25-23(27)20-8-6-12-26(15-20)14-19-7-4-5-9-22(19)24/h4-5,7,9-11,13,18,20H,6,8,12,14-15H2,1-3H3,(H,25,27). The second-order valence-electron chi connectivity index (χ2n) is 7.76. The molecule has 1 amide bonds. The minimum Gasteiger partial charge on any atom is -0.349 e. The first-order valence-corrected chi connectivity index (χ1v) is 10.1. The van der Waals surface area contributed by atoms with E-state index in [1.807, 2.05) is 18.2 Å². The molecule has 0 saturated carbocycles. The molecule has 0 radical (unpaired) electrons. The molecule has 4 heteroatoms. The number of hydrogen-bond donors (Lipinski definition) is 1. The van der Waals surface area contributed by atoms with Crippen molar-refractivity contribution in [2.24, 2.45) is 5.92 Å². The summed E-state index contributed by atoms with van der Waals surface area (Å²) >= 11 is 6.30. The van der Waals surface area contributed by atoms with Gasteiger partial charge < -0.3 is 5.32 Å². The van der Waals surface area contributed by atoms with Crippen molar-refractivity contribution in [3.05, 3.63) is 69.7 Å². The summed E-state index contributed by atoms with van der Waals surface area (Å²) in [5.74, 6) is 0.195. The Labute approximate surface area is 167 Å². The van der Waals surface area contributed by atoms with Crippen LogP contribution in [0.25, 0.3) is 0 Å². The Balaban J connectivity index is 1.61. The molecule has 0 aliphatic carbocycles. The lowest BCUT2D eigenvalue weighted by Gasteiger charge is -2.33. The second-order valence-corrected chi connectivity index (χ2v) is 8.16. The van der Waals surface area contributed by atoms with Crippen molar-refractivity contribution in [2.45, 2.75) is 46.2 Å². The molecule has 1 aliphatic heterocycles. The van der Waals surface area contributed by atoms with E-state index in [1.165, 1.54) is 16.7 Å². The van der Waals surface area contributed by atoms with Crippen LogP contribution in [-0.2, 0) is 11.3 Å². The predicted octanol–water partition coefficient (Wildman–Crippen LogP) is 5.05. The van der Waals surface area contributed by atoms with Crippen LogP contribution in [0.2, 0.25) is 5.02 Å². The van der Waals surface area contributed by atoms with Crippen molar-refractivity contribution in [2.75, 3.05) is 13.1 Å². The van der Waals surface area contributed by atoms with Crippen LogP contribution in [0.4, 0.5) is 0 Å². The Morgan fingerprint density at radius 2 is 2.04 bits per heavy atom. The minimum absolute atomic E-state index is 0.0244. The van der Waals surface area contributed by atoms with Gasteiger partial charge in [0.2, 0.25) is 5.91 Å². The molecular formula is C23H29ClN2O. The van der Waals surface area contributed by atoms with Gasteiger partial charge in [-0.15, -0.1) is 0 Å². The van der Waals surface area contributed by atoms with E-state index in [0.717, 1.165) is 43.1 Å². The molecule has 0 spiro atoms. The van der Waals surface area contributed by atoms with E-state index in [0.29, 0.717) is 0 Å². The first-order valence-electron chi connectivity index (χ1n) is 9.77. The van der Waals surface area contributed by atoms with E-state index >= 15 is 0 Å². The van der Waals surface area contributed by atoms with E-state index in [9.17, 15) is 4.79 Å². The number of carbonyl (C=O) groups is 1. The van der Waals surface area contributed by atoms with Crippen LogP contribution in [0.3, 0.4) is 0 Å². The highest BCUT2D eigenvalue weighted by molar-refractivity contribution is 6.31. The molecule has 27 heavy (non-hydrogen) atoms. The highest BCUT2D eigenvalue weighted by atomic mass is 35.5. The number of nitrogens with zero attached hydrogens (tertiary/aromatic N) is 1. The van der Waals surface area contributed by atoms with Crippen LogP contribution in [-0.4, -0.2) is 23.9 Å². The molecule has 3 rings (SSSR count). The lowest BCUT2D eigenvalue weighted by atomic mass is 9.95. The third-order valence-corrected chi connectivity index (χ3v) is 5.86. The van der Waals surface area contributed by atoms with E-state index in [4.69, 9.17) is 11.6 Å². The number of hydrogen-bond acceptors (Lipinski definition) is 2. The molecule has 1 aliphatic rings. The Hall–Kier alpha value is -1.84. The molecule has 2 unspecified atom stereocenters.